The lowest BCUT2D eigenvalue weighted by atomic mass is 9.82. The summed E-state index contributed by atoms with van der Waals surface area (Å²) in [4.78, 5) is 13.7. The van der Waals surface area contributed by atoms with Crippen molar-refractivity contribution in [3.05, 3.63) is 71.0 Å². The summed E-state index contributed by atoms with van der Waals surface area (Å²) in [5.74, 6) is 0.172. The molecule has 2 aromatic rings. The predicted octanol–water partition coefficient (Wildman–Crippen LogP) is 5.01. The van der Waals surface area contributed by atoms with Gasteiger partial charge in [0, 0.05) is 25.2 Å². The van der Waals surface area contributed by atoms with Crippen LogP contribution in [0.2, 0.25) is 0 Å². The molecule has 0 unspecified atom stereocenters. The molecule has 1 fully saturated rings. The average molecular weight is 411 g/mol. The Kier molecular flexibility index (Phi) is 6.68. The van der Waals surface area contributed by atoms with E-state index in [0.717, 1.165) is 62.6 Å². The van der Waals surface area contributed by atoms with E-state index >= 15 is 0 Å². The highest BCUT2D eigenvalue weighted by molar-refractivity contribution is 5.65. The van der Waals surface area contributed by atoms with Crippen molar-refractivity contribution in [2.24, 2.45) is 5.92 Å². The van der Waals surface area contributed by atoms with Gasteiger partial charge in [0.2, 0.25) is 0 Å². The summed E-state index contributed by atoms with van der Waals surface area (Å²) in [6, 6.07) is 15.4. The van der Waals surface area contributed by atoms with Crippen LogP contribution >= 0.6 is 0 Å². The van der Waals surface area contributed by atoms with Crippen molar-refractivity contribution in [3.63, 3.8) is 0 Å². The molecule has 0 spiro atoms. The number of carboxylic acid groups (broad SMARTS) is 1. The molecule has 0 aromatic heterocycles. The van der Waals surface area contributed by atoms with Crippen LogP contribution in [0.5, 0.6) is 0 Å². The molecular weight excluding hydrogens is 379 g/mol. The van der Waals surface area contributed by atoms with Gasteiger partial charge in [0.15, 0.2) is 0 Å². The van der Waals surface area contributed by atoms with Crippen LogP contribution < -0.4 is 5.32 Å². The third-order valence-electron chi connectivity index (χ3n) is 6.78. The molecule has 0 heterocycles. The SMILES string of the molecule is O=C(O)N(Cc1ccccc1)[C@@H]1CCCC[C@H]1CN[C@H]1CCc2cc(F)ccc2C1. The maximum absolute atomic E-state index is 13.5. The highest BCUT2D eigenvalue weighted by Gasteiger charge is 2.33. The van der Waals surface area contributed by atoms with Crippen LogP contribution in [0.3, 0.4) is 0 Å². The number of halogens is 1. The molecule has 1 amide bonds. The van der Waals surface area contributed by atoms with Crippen LogP contribution in [0.15, 0.2) is 48.5 Å². The lowest BCUT2D eigenvalue weighted by molar-refractivity contribution is 0.0793. The van der Waals surface area contributed by atoms with Gasteiger partial charge in [-0.15, -0.1) is 0 Å². The van der Waals surface area contributed by atoms with Crippen LogP contribution in [0.1, 0.15) is 48.8 Å². The van der Waals surface area contributed by atoms with Gasteiger partial charge in [0.1, 0.15) is 5.82 Å². The second kappa shape index (κ2) is 9.61. The second-order valence-electron chi connectivity index (χ2n) is 8.77. The van der Waals surface area contributed by atoms with Gasteiger partial charge >= 0.3 is 6.09 Å². The van der Waals surface area contributed by atoms with Gasteiger partial charge < -0.3 is 15.3 Å². The molecule has 160 valence electrons. The molecular formula is C25H31FN2O2. The van der Waals surface area contributed by atoms with E-state index in [1.807, 2.05) is 36.4 Å². The molecule has 5 heteroatoms. The first-order valence-electron chi connectivity index (χ1n) is 11.1. The Balaban J connectivity index is 1.39. The van der Waals surface area contributed by atoms with E-state index in [1.165, 1.54) is 5.56 Å². The molecule has 1 saturated carbocycles. The van der Waals surface area contributed by atoms with Crippen molar-refractivity contribution in [2.75, 3.05) is 6.54 Å². The molecule has 2 aliphatic carbocycles. The van der Waals surface area contributed by atoms with E-state index in [1.54, 1.807) is 17.0 Å². The van der Waals surface area contributed by atoms with Gasteiger partial charge in [-0.25, -0.2) is 9.18 Å². The smallest absolute Gasteiger partial charge is 0.407 e. The van der Waals surface area contributed by atoms with Crippen molar-refractivity contribution in [1.82, 2.24) is 10.2 Å². The Bertz CT molecular complexity index is 857. The topological polar surface area (TPSA) is 52.6 Å². The Morgan fingerprint density at radius 2 is 1.87 bits per heavy atom. The minimum atomic E-state index is -0.829. The van der Waals surface area contributed by atoms with Crippen molar-refractivity contribution >= 4 is 6.09 Å². The van der Waals surface area contributed by atoms with Crippen molar-refractivity contribution in [3.8, 4) is 0 Å². The highest BCUT2D eigenvalue weighted by atomic mass is 19.1. The first kappa shape index (κ1) is 20.9. The summed E-state index contributed by atoms with van der Waals surface area (Å²) in [5, 5.41) is 13.6. The summed E-state index contributed by atoms with van der Waals surface area (Å²) >= 11 is 0. The molecule has 0 aliphatic heterocycles. The molecule has 3 atom stereocenters. The molecule has 2 aromatic carbocycles. The van der Waals surface area contributed by atoms with Gasteiger partial charge in [-0.3, -0.25) is 0 Å². The van der Waals surface area contributed by atoms with Crippen molar-refractivity contribution in [1.29, 1.82) is 0 Å². The minimum absolute atomic E-state index is 0.0499. The second-order valence-corrected chi connectivity index (χ2v) is 8.77. The van der Waals surface area contributed by atoms with Gasteiger partial charge in [-0.05, 0) is 66.8 Å². The largest absolute Gasteiger partial charge is 0.465 e. The third kappa shape index (κ3) is 5.01. The van der Waals surface area contributed by atoms with E-state index in [-0.39, 0.29) is 11.9 Å². The molecule has 2 aliphatic rings. The molecule has 30 heavy (non-hydrogen) atoms. The monoisotopic (exact) mass is 410 g/mol. The van der Waals surface area contributed by atoms with E-state index in [0.29, 0.717) is 18.5 Å². The van der Waals surface area contributed by atoms with Gasteiger partial charge in [-0.2, -0.15) is 0 Å². The molecule has 4 rings (SSSR count). The molecule has 0 bridgehead atoms. The normalized spacial score (nSPS) is 23.6. The fourth-order valence-electron chi connectivity index (χ4n) is 5.16. The van der Waals surface area contributed by atoms with Crippen LogP contribution in [0.25, 0.3) is 0 Å². The van der Waals surface area contributed by atoms with Crippen LogP contribution in [-0.2, 0) is 19.4 Å². The number of hydrogen-bond acceptors (Lipinski definition) is 2. The maximum atomic E-state index is 13.5. The zero-order valence-electron chi connectivity index (χ0n) is 17.4. The Morgan fingerprint density at radius 1 is 1.07 bits per heavy atom. The van der Waals surface area contributed by atoms with Crippen molar-refractivity contribution in [2.45, 2.75) is 63.6 Å². The number of nitrogens with zero attached hydrogens (tertiary/aromatic N) is 1. The van der Waals surface area contributed by atoms with E-state index in [2.05, 4.69) is 5.32 Å². The van der Waals surface area contributed by atoms with Crippen LogP contribution in [0.4, 0.5) is 9.18 Å². The summed E-state index contributed by atoms with van der Waals surface area (Å²) < 4.78 is 13.5. The number of carbonyl (C=O) groups is 1. The van der Waals surface area contributed by atoms with E-state index in [4.69, 9.17) is 0 Å². The first-order chi connectivity index (χ1) is 14.6. The van der Waals surface area contributed by atoms with Gasteiger partial charge in [0.05, 0.1) is 0 Å². The maximum Gasteiger partial charge on any atom is 0.407 e. The quantitative estimate of drug-likeness (QED) is 0.704. The summed E-state index contributed by atoms with van der Waals surface area (Å²) in [6.45, 7) is 1.28. The number of benzene rings is 2. The molecule has 0 radical (unpaired) electrons. The Hall–Kier alpha value is -2.40. The Morgan fingerprint density at radius 3 is 2.67 bits per heavy atom. The summed E-state index contributed by atoms with van der Waals surface area (Å²) in [5.41, 5.74) is 3.40. The predicted molar refractivity (Wildman–Crippen MR) is 116 cm³/mol. The lowest BCUT2D eigenvalue weighted by Gasteiger charge is -2.39. The van der Waals surface area contributed by atoms with E-state index < -0.39 is 6.09 Å². The molecule has 2 N–H and O–H groups in total. The van der Waals surface area contributed by atoms with Crippen molar-refractivity contribution < 1.29 is 14.3 Å². The van der Waals surface area contributed by atoms with Crippen LogP contribution in [0, 0.1) is 11.7 Å². The minimum Gasteiger partial charge on any atom is -0.465 e. The molecule has 4 nitrogen and oxygen atoms in total. The van der Waals surface area contributed by atoms with Gasteiger partial charge in [0.25, 0.3) is 0 Å². The van der Waals surface area contributed by atoms with Crippen LogP contribution in [-0.4, -0.2) is 34.7 Å². The standard InChI is InChI=1S/C25H31FN2O2/c26-22-12-10-20-15-23(13-11-19(20)14-22)27-16-21-8-4-5-9-24(21)28(25(29)30)17-18-6-2-1-3-7-18/h1-3,6-7,10,12,14,21,23-24,27H,4-5,8-9,11,13,15-17H2,(H,29,30)/t21-,23-,24+/m0/s1. The summed E-state index contributed by atoms with van der Waals surface area (Å²) in [7, 11) is 0. The first-order valence-corrected chi connectivity index (χ1v) is 11.1. The number of rotatable bonds is 6. The fraction of sp³-hybridized carbons (Fsp3) is 0.480. The summed E-state index contributed by atoms with van der Waals surface area (Å²) in [6.07, 6.45) is 6.22. The number of fused-ring (bicyclic) bond motifs is 1. The fourth-order valence-corrected chi connectivity index (χ4v) is 5.16. The van der Waals surface area contributed by atoms with E-state index in [9.17, 15) is 14.3 Å². The third-order valence-corrected chi connectivity index (χ3v) is 6.78. The molecule has 0 saturated heterocycles. The number of aryl methyl sites for hydroxylation is 1. The van der Waals surface area contributed by atoms with Gasteiger partial charge in [-0.1, -0.05) is 49.2 Å². The average Bonchev–Trinajstić information content (AvgIpc) is 2.77. The lowest BCUT2D eigenvalue weighted by Crippen LogP contribution is -2.49. The number of nitrogens with one attached hydrogen (secondary N) is 1. The number of hydrogen-bond donors (Lipinski definition) is 2. The highest BCUT2D eigenvalue weighted by Crippen LogP contribution is 2.30. The Labute approximate surface area is 178 Å². The zero-order chi connectivity index (χ0) is 20.9. The number of amides is 1. The zero-order valence-corrected chi connectivity index (χ0v) is 17.4.